The van der Waals surface area contributed by atoms with Crippen molar-refractivity contribution in [3.63, 3.8) is 0 Å². The minimum Gasteiger partial charge on any atom is -0.497 e. The van der Waals surface area contributed by atoms with Gasteiger partial charge in [0.1, 0.15) is 11.5 Å². The molecule has 2 aromatic carbocycles. The zero-order valence-electron chi connectivity index (χ0n) is 18.6. The molecular weight excluding hydrogens is 392 g/mol. The quantitative estimate of drug-likeness (QED) is 0.657. The molecule has 0 heterocycles. The number of nitrogens with one attached hydrogen (secondary N) is 1. The molecule has 3 rings (SSSR count). The molecule has 1 atom stereocenters. The van der Waals surface area contributed by atoms with Crippen LogP contribution in [-0.4, -0.2) is 44.0 Å². The zero-order valence-corrected chi connectivity index (χ0v) is 18.6. The first-order valence-electron chi connectivity index (χ1n) is 10.9. The van der Waals surface area contributed by atoms with Crippen molar-refractivity contribution in [2.45, 2.75) is 45.1 Å². The third-order valence-corrected chi connectivity index (χ3v) is 5.69. The second-order valence-electron chi connectivity index (χ2n) is 7.85. The van der Waals surface area contributed by atoms with Gasteiger partial charge in [0.25, 0.3) is 5.91 Å². The van der Waals surface area contributed by atoms with E-state index in [1.165, 1.54) is 11.1 Å². The number of aryl methyl sites for hydroxylation is 1. The van der Waals surface area contributed by atoms with E-state index in [9.17, 15) is 9.59 Å². The lowest BCUT2D eigenvalue weighted by Crippen LogP contribution is -2.37. The maximum Gasteiger partial charge on any atom is 0.254 e. The highest BCUT2D eigenvalue weighted by atomic mass is 16.5. The zero-order chi connectivity index (χ0) is 22.2. The third-order valence-electron chi connectivity index (χ3n) is 5.69. The standard InChI is InChI=1S/C25H32N2O4/c1-4-13-27(25(29)19-15-20(30-2)17-21(16-19)31-3)14-12-24(28)26-23-11-7-9-18-8-5-6-10-22(18)23/h5-6,8,10,15-17,23H,4,7,9,11-14H2,1-3H3,(H,26,28). The van der Waals surface area contributed by atoms with E-state index < -0.39 is 0 Å². The van der Waals surface area contributed by atoms with Crippen molar-refractivity contribution in [1.29, 1.82) is 0 Å². The Morgan fingerprint density at radius 1 is 1.06 bits per heavy atom. The Morgan fingerprint density at radius 3 is 2.45 bits per heavy atom. The fourth-order valence-corrected chi connectivity index (χ4v) is 4.11. The maximum absolute atomic E-state index is 13.1. The highest BCUT2D eigenvalue weighted by molar-refractivity contribution is 5.95. The van der Waals surface area contributed by atoms with Crippen LogP contribution in [0.15, 0.2) is 42.5 Å². The molecule has 1 aliphatic rings. The lowest BCUT2D eigenvalue weighted by molar-refractivity contribution is -0.122. The van der Waals surface area contributed by atoms with Crippen LogP contribution in [0.5, 0.6) is 11.5 Å². The summed E-state index contributed by atoms with van der Waals surface area (Å²) < 4.78 is 10.6. The number of fused-ring (bicyclic) bond motifs is 1. The van der Waals surface area contributed by atoms with Gasteiger partial charge in [0.05, 0.1) is 20.3 Å². The Kier molecular flexibility index (Phi) is 7.93. The van der Waals surface area contributed by atoms with Crippen LogP contribution < -0.4 is 14.8 Å². The average molecular weight is 425 g/mol. The minimum atomic E-state index is -0.130. The van der Waals surface area contributed by atoms with Crippen molar-refractivity contribution in [3.8, 4) is 11.5 Å². The number of methoxy groups -OCH3 is 2. The number of hydrogen-bond donors (Lipinski definition) is 1. The topological polar surface area (TPSA) is 67.9 Å². The molecule has 0 aromatic heterocycles. The first-order chi connectivity index (χ1) is 15.0. The predicted octanol–water partition coefficient (Wildman–Crippen LogP) is 4.14. The van der Waals surface area contributed by atoms with Gasteiger partial charge in [-0.3, -0.25) is 9.59 Å². The molecule has 0 bridgehead atoms. The van der Waals surface area contributed by atoms with Crippen molar-refractivity contribution >= 4 is 11.8 Å². The number of amides is 2. The van der Waals surface area contributed by atoms with Crippen molar-refractivity contribution in [2.75, 3.05) is 27.3 Å². The molecule has 0 aliphatic heterocycles. The SMILES string of the molecule is CCCN(CCC(=O)NC1CCCc2ccccc21)C(=O)c1cc(OC)cc(OC)c1. The van der Waals surface area contributed by atoms with Gasteiger partial charge in [-0.25, -0.2) is 0 Å². The van der Waals surface area contributed by atoms with E-state index in [1.807, 2.05) is 19.1 Å². The van der Waals surface area contributed by atoms with Crippen molar-refractivity contribution in [3.05, 3.63) is 59.2 Å². The van der Waals surface area contributed by atoms with E-state index in [-0.39, 0.29) is 24.3 Å². The fourth-order valence-electron chi connectivity index (χ4n) is 4.11. The Hall–Kier alpha value is -3.02. The second kappa shape index (κ2) is 10.8. The lowest BCUT2D eigenvalue weighted by atomic mass is 9.87. The molecule has 0 saturated carbocycles. The Balaban J connectivity index is 1.64. The average Bonchev–Trinajstić information content (AvgIpc) is 2.81. The predicted molar refractivity (Wildman–Crippen MR) is 121 cm³/mol. The van der Waals surface area contributed by atoms with E-state index in [0.29, 0.717) is 30.2 Å². The van der Waals surface area contributed by atoms with Crippen LogP contribution in [0, 0.1) is 0 Å². The van der Waals surface area contributed by atoms with Gasteiger partial charge in [0.2, 0.25) is 5.91 Å². The van der Waals surface area contributed by atoms with Crippen LogP contribution in [0.1, 0.15) is 60.1 Å². The summed E-state index contributed by atoms with van der Waals surface area (Å²) in [7, 11) is 3.11. The fraction of sp³-hybridized carbons (Fsp3) is 0.440. The van der Waals surface area contributed by atoms with Gasteiger partial charge >= 0.3 is 0 Å². The summed E-state index contributed by atoms with van der Waals surface area (Å²) in [6.07, 6.45) is 4.16. The molecule has 166 valence electrons. The van der Waals surface area contributed by atoms with E-state index in [1.54, 1.807) is 37.3 Å². The van der Waals surface area contributed by atoms with Gasteiger partial charge in [-0.2, -0.15) is 0 Å². The number of hydrogen-bond acceptors (Lipinski definition) is 4. The molecule has 0 fully saturated rings. The van der Waals surface area contributed by atoms with Gasteiger partial charge < -0.3 is 19.7 Å². The van der Waals surface area contributed by atoms with E-state index in [0.717, 1.165) is 25.7 Å². The highest BCUT2D eigenvalue weighted by Gasteiger charge is 2.23. The molecule has 1 N–H and O–H groups in total. The number of benzene rings is 2. The highest BCUT2D eigenvalue weighted by Crippen LogP contribution is 2.29. The van der Waals surface area contributed by atoms with Gasteiger partial charge in [0, 0.05) is 31.1 Å². The summed E-state index contributed by atoms with van der Waals surface area (Å²) in [5.41, 5.74) is 3.02. The minimum absolute atomic E-state index is 0.0289. The van der Waals surface area contributed by atoms with Gasteiger partial charge in [-0.1, -0.05) is 31.2 Å². The first kappa shape index (κ1) is 22.7. The summed E-state index contributed by atoms with van der Waals surface area (Å²) in [6.45, 7) is 2.97. The first-order valence-corrected chi connectivity index (χ1v) is 10.9. The molecule has 1 unspecified atom stereocenters. The van der Waals surface area contributed by atoms with Gasteiger partial charge in [-0.05, 0) is 48.9 Å². The molecule has 0 spiro atoms. The molecule has 0 saturated heterocycles. The Bertz CT molecular complexity index is 890. The molecule has 6 heteroatoms. The molecular formula is C25H32N2O4. The summed E-state index contributed by atoms with van der Waals surface area (Å²) in [5, 5.41) is 3.17. The van der Waals surface area contributed by atoms with Crippen molar-refractivity contribution in [1.82, 2.24) is 10.2 Å². The normalized spacial score (nSPS) is 15.0. The summed E-state index contributed by atoms with van der Waals surface area (Å²) in [4.78, 5) is 27.5. The number of nitrogens with zero attached hydrogens (tertiary/aromatic N) is 1. The van der Waals surface area contributed by atoms with E-state index >= 15 is 0 Å². The van der Waals surface area contributed by atoms with Crippen LogP contribution in [-0.2, 0) is 11.2 Å². The molecule has 2 aromatic rings. The van der Waals surface area contributed by atoms with Crippen LogP contribution in [0.3, 0.4) is 0 Å². The smallest absolute Gasteiger partial charge is 0.254 e. The Morgan fingerprint density at radius 2 is 1.77 bits per heavy atom. The van der Waals surface area contributed by atoms with Crippen molar-refractivity contribution < 1.29 is 19.1 Å². The van der Waals surface area contributed by atoms with Gasteiger partial charge in [-0.15, -0.1) is 0 Å². The van der Waals surface area contributed by atoms with E-state index in [2.05, 4.69) is 17.4 Å². The third kappa shape index (κ3) is 5.78. The van der Waals surface area contributed by atoms with Crippen molar-refractivity contribution in [2.24, 2.45) is 0 Å². The number of ether oxygens (including phenoxy) is 2. The molecule has 0 radical (unpaired) electrons. The van der Waals surface area contributed by atoms with Crippen LogP contribution in [0.4, 0.5) is 0 Å². The van der Waals surface area contributed by atoms with Gasteiger partial charge in [0.15, 0.2) is 0 Å². The number of rotatable bonds is 9. The molecule has 1 aliphatic carbocycles. The maximum atomic E-state index is 13.1. The van der Waals surface area contributed by atoms with Crippen LogP contribution in [0.25, 0.3) is 0 Å². The second-order valence-corrected chi connectivity index (χ2v) is 7.85. The van der Waals surface area contributed by atoms with E-state index in [4.69, 9.17) is 9.47 Å². The summed E-state index contributed by atoms with van der Waals surface area (Å²) in [5.74, 6) is 0.967. The largest absolute Gasteiger partial charge is 0.497 e. The lowest BCUT2D eigenvalue weighted by Gasteiger charge is -2.27. The Labute approximate surface area is 184 Å². The summed E-state index contributed by atoms with van der Waals surface area (Å²) in [6, 6.07) is 13.5. The molecule has 2 amide bonds. The molecule has 6 nitrogen and oxygen atoms in total. The monoisotopic (exact) mass is 424 g/mol. The van der Waals surface area contributed by atoms with Crippen LogP contribution >= 0.6 is 0 Å². The number of carbonyl (C=O) groups excluding carboxylic acids is 2. The number of carbonyl (C=O) groups is 2. The van der Waals surface area contributed by atoms with Crippen LogP contribution in [0.2, 0.25) is 0 Å². The molecule has 31 heavy (non-hydrogen) atoms. The summed E-state index contributed by atoms with van der Waals surface area (Å²) >= 11 is 0.